The van der Waals surface area contributed by atoms with Crippen LogP contribution in [0, 0.1) is 0 Å². The highest BCUT2D eigenvalue weighted by molar-refractivity contribution is 6.76. The Morgan fingerprint density at radius 3 is 2.54 bits per heavy atom. The van der Waals surface area contributed by atoms with Crippen LogP contribution in [0.1, 0.15) is 5.56 Å². The Labute approximate surface area is 220 Å². The van der Waals surface area contributed by atoms with Gasteiger partial charge in [-0.15, -0.1) is 0 Å². The number of aromatic nitrogens is 3. The van der Waals surface area contributed by atoms with Crippen LogP contribution in [0.2, 0.25) is 25.7 Å². The number of carbonyl (C=O) groups is 1. The van der Waals surface area contributed by atoms with Gasteiger partial charge < -0.3 is 14.4 Å². The van der Waals surface area contributed by atoms with Gasteiger partial charge in [-0.3, -0.25) is 4.79 Å². The molecule has 4 aromatic rings. The molecule has 0 radical (unpaired) electrons. The largest absolute Gasteiger partial charge is 0.496 e. The molecule has 2 aromatic heterocycles. The summed E-state index contributed by atoms with van der Waals surface area (Å²) < 4.78 is 13.5. The predicted octanol–water partition coefficient (Wildman–Crippen LogP) is 5.72. The third kappa shape index (κ3) is 6.45. The molecule has 37 heavy (non-hydrogen) atoms. The van der Waals surface area contributed by atoms with E-state index in [0.717, 1.165) is 50.8 Å². The Morgan fingerprint density at radius 2 is 1.81 bits per heavy atom. The number of rotatable bonds is 10. The van der Waals surface area contributed by atoms with Crippen molar-refractivity contribution >= 4 is 25.0 Å². The number of methoxy groups -OCH3 is 1. The molecule has 0 spiro atoms. The lowest BCUT2D eigenvalue weighted by Gasteiger charge is -2.15. The summed E-state index contributed by atoms with van der Waals surface area (Å²) >= 11 is 0. The molecule has 1 amide bonds. The normalized spacial score (nSPS) is 11.6. The van der Waals surface area contributed by atoms with E-state index in [1.54, 1.807) is 26.1 Å². The van der Waals surface area contributed by atoms with E-state index >= 15 is 0 Å². The van der Waals surface area contributed by atoms with Crippen LogP contribution in [-0.2, 0) is 22.7 Å². The van der Waals surface area contributed by atoms with E-state index < -0.39 is 8.07 Å². The van der Waals surface area contributed by atoms with Gasteiger partial charge in [0.1, 0.15) is 18.2 Å². The van der Waals surface area contributed by atoms with Crippen molar-refractivity contribution in [2.24, 2.45) is 0 Å². The van der Waals surface area contributed by atoms with Crippen LogP contribution in [0.5, 0.6) is 5.75 Å². The SMILES string of the molecule is COc1ccccc1-c1nn(COCC[Si](C)(C)C)c2ncc(-c3cccc(CC(=O)N(C)C)c3)cc12. The molecular formula is C29H36N4O3Si. The Hall–Kier alpha value is -3.49. The molecule has 2 aromatic carbocycles. The molecule has 0 aliphatic carbocycles. The highest BCUT2D eigenvalue weighted by atomic mass is 28.3. The van der Waals surface area contributed by atoms with Crippen molar-refractivity contribution in [3.63, 3.8) is 0 Å². The molecule has 0 saturated heterocycles. The zero-order chi connectivity index (χ0) is 26.6. The number of benzene rings is 2. The van der Waals surface area contributed by atoms with Crippen molar-refractivity contribution in [1.82, 2.24) is 19.7 Å². The average Bonchev–Trinajstić information content (AvgIpc) is 3.23. The average molecular weight is 517 g/mol. The van der Waals surface area contributed by atoms with Gasteiger partial charge in [0.05, 0.1) is 13.5 Å². The number of hydrogen-bond acceptors (Lipinski definition) is 5. The van der Waals surface area contributed by atoms with Crippen LogP contribution in [-0.4, -0.2) is 61.5 Å². The number of hydrogen-bond donors (Lipinski definition) is 0. The minimum atomic E-state index is -1.19. The van der Waals surface area contributed by atoms with Gasteiger partial charge in [0.15, 0.2) is 5.65 Å². The van der Waals surface area contributed by atoms with Crippen molar-refractivity contribution < 1.29 is 14.3 Å². The monoisotopic (exact) mass is 516 g/mol. The highest BCUT2D eigenvalue weighted by Crippen LogP contribution is 2.35. The second-order valence-corrected chi connectivity index (χ2v) is 16.3. The number of nitrogens with zero attached hydrogens (tertiary/aromatic N) is 4. The maximum Gasteiger partial charge on any atom is 0.226 e. The van der Waals surface area contributed by atoms with Crippen LogP contribution in [0.15, 0.2) is 60.8 Å². The van der Waals surface area contributed by atoms with Gasteiger partial charge >= 0.3 is 0 Å². The smallest absolute Gasteiger partial charge is 0.226 e. The number of para-hydroxylation sites is 1. The van der Waals surface area contributed by atoms with E-state index in [0.29, 0.717) is 19.8 Å². The molecule has 2 heterocycles. The molecule has 7 nitrogen and oxygen atoms in total. The van der Waals surface area contributed by atoms with Gasteiger partial charge in [-0.25, -0.2) is 9.67 Å². The Balaban J connectivity index is 1.74. The number of ether oxygens (including phenoxy) is 2. The first kappa shape index (κ1) is 26.6. The third-order valence-corrected chi connectivity index (χ3v) is 7.98. The molecular weight excluding hydrogens is 480 g/mol. The standard InChI is InChI=1S/C29H36N4O3Si/c1-32(2)27(34)17-21-10-9-11-22(16-21)23-18-25-28(24-12-7-8-13-26(24)35-3)31-33(29(25)30-19-23)20-36-14-15-37(4,5)6/h7-13,16,18-19H,14-15,17,20H2,1-6H3. The fourth-order valence-corrected chi connectivity index (χ4v) is 4.83. The Morgan fingerprint density at radius 1 is 1.03 bits per heavy atom. The molecule has 0 fully saturated rings. The lowest BCUT2D eigenvalue weighted by atomic mass is 10.0. The fraction of sp³-hybridized carbons (Fsp3) is 0.345. The summed E-state index contributed by atoms with van der Waals surface area (Å²) in [6, 6.07) is 19.1. The summed E-state index contributed by atoms with van der Waals surface area (Å²) in [5.41, 5.74) is 5.39. The quantitative estimate of drug-likeness (QED) is 0.199. The van der Waals surface area contributed by atoms with E-state index in [-0.39, 0.29) is 5.91 Å². The second-order valence-electron chi connectivity index (χ2n) is 10.7. The van der Waals surface area contributed by atoms with Crippen LogP contribution in [0.4, 0.5) is 0 Å². The zero-order valence-corrected chi connectivity index (χ0v) is 23.6. The van der Waals surface area contributed by atoms with Crippen LogP contribution in [0.25, 0.3) is 33.4 Å². The summed E-state index contributed by atoms with van der Waals surface area (Å²) in [6.45, 7) is 8.07. The van der Waals surface area contributed by atoms with Gasteiger partial charge in [0, 0.05) is 51.5 Å². The maximum atomic E-state index is 12.2. The van der Waals surface area contributed by atoms with Crippen molar-refractivity contribution in [2.45, 2.75) is 38.8 Å². The zero-order valence-electron chi connectivity index (χ0n) is 22.6. The van der Waals surface area contributed by atoms with Gasteiger partial charge in [-0.05, 0) is 35.4 Å². The summed E-state index contributed by atoms with van der Waals surface area (Å²) in [6.07, 6.45) is 2.22. The number of amides is 1. The molecule has 0 bridgehead atoms. The number of likely N-dealkylation sites (N-methyl/N-ethyl adjacent to an activating group) is 1. The molecule has 0 aliphatic rings. The van der Waals surface area contributed by atoms with Gasteiger partial charge in [0.2, 0.25) is 5.91 Å². The first-order valence-corrected chi connectivity index (χ1v) is 16.2. The minimum absolute atomic E-state index is 0.0691. The van der Waals surface area contributed by atoms with Gasteiger partial charge in [-0.2, -0.15) is 5.10 Å². The minimum Gasteiger partial charge on any atom is -0.496 e. The van der Waals surface area contributed by atoms with Crippen LogP contribution >= 0.6 is 0 Å². The van der Waals surface area contributed by atoms with Gasteiger partial charge in [-0.1, -0.05) is 56.0 Å². The molecule has 0 atom stereocenters. The van der Waals surface area contributed by atoms with Crippen LogP contribution in [0.3, 0.4) is 0 Å². The molecule has 8 heteroatoms. The lowest BCUT2D eigenvalue weighted by molar-refractivity contribution is -0.127. The summed E-state index contributed by atoms with van der Waals surface area (Å²) in [5, 5.41) is 5.85. The highest BCUT2D eigenvalue weighted by Gasteiger charge is 2.19. The number of carbonyl (C=O) groups excluding carboxylic acids is 1. The molecule has 0 unspecified atom stereocenters. The lowest BCUT2D eigenvalue weighted by Crippen LogP contribution is -2.23. The van der Waals surface area contributed by atoms with E-state index in [1.165, 1.54) is 0 Å². The molecule has 0 saturated carbocycles. The van der Waals surface area contributed by atoms with Crippen molar-refractivity contribution in [3.8, 4) is 28.1 Å². The van der Waals surface area contributed by atoms with E-state index in [1.807, 2.05) is 53.3 Å². The second kappa shape index (κ2) is 11.3. The summed E-state index contributed by atoms with van der Waals surface area (Å²) in [4.78, 5) is 18.7. The first-order valence-electron chi connectivity index (χ1n) is 12.5. The maximum absolute atomic E-state index is 12.2. The van der Waals surface area contributed by atoms with Crippen molar-refractivity contribution in [2.75, 3.05) is 27.8 Å². The van der Waals surface area contributed by atoms with Crippen molar-refractivity contribution in [1.29, 1.82) is 0 Å². The summed E-state index contributed by atoms with van der Waals surface area (Å²) in [5.74, 6) is 0.822. The van der Waals surface area contributed by atoms with E-state index in [4.69, 9.17) is 19.6 Å². The fourth-order valence-electron chi connectivity index (χ4n) is 4.07. The van der Waals surface area contributed by atoms with E-state index in [2.05, 4.69) is 31.8 Å². The number of pyridine rings is 1. The topological polar surface area (TPSA) is 69.5 Å². The Kier molecular flexibility index (Phi) is 8.09. The molecule has 4 rings (SSSR count). The third-order valence-electron chi connectivity index (χ3n) is 6.27. The van der Waals surface area contributed by atoms with E-state index in [9.17, 15) is 4.79 Å². The van der Waals surface area contributed by atoms with Crippen LogP contribution < -0.4 is 4.74 Å². The van der Waals surface area contributed by atoms with Gasteiger partial charge in [0.25, 0.3) is 0 Å². The molecule has 194 valence electrons. The molecule has 0 aliphatic heterocycles. The molecule has 0 N–H and O–H groups in total. The van der Waals surface area contributed by atoms with Crippen molar-refractivity contribution in [3.05, 3.63) is 66.4 Å². The Bertz CT molecular complexity index is 1390. The predicted molar refractivity (Wildman–Crippen MR) is 151 cm³/mol. The first-order chi connectivity index (χ1) is 17.7. The number of fused-ring (bicyclic) bond motifs is 1. The summed E-state index contributed by atoms with van der Waals surface area (Å²) in [7, 11) is 4.03.